The van der Waals surface area contributed by atoms with Crippen LogP contribution in [0.4, 0.5) is 0 Å². The van der Waals surface area contributed by atoms with Crippen LogP contribution in [-0.2, 0) is 17.9 Å². The maximum Gasteiger partial charge on any atom is 0.0713 e. The number of hydrogen-bond donors (Lipinski definition) is 1. The van der Waals surface area contributed by atoms with E-state index in [1.165, 1.54) is 30.4 Å². The number of hydrogen-bond acceptors (Lipinski definition) is 2. The predicted molar refractivity (Wildman–Crippen MR) is 70.8 cm³/mol. The van der Waals surface area contributed by atoms with Gasteiger partial charge in [-0.2, -0.15) is 0 Å². The minimum atomic E-state index is 0.655. The summed E-state index contributed by atoms with van der Waals surface area (Å²) in [5, 5.41) is 3.62. The van der Waals surface area contributed by atoms with Crippen molar-refractivity contribution in [2.75, 3.05) is 7.11 Å². The first-order valence-electron chi connectivity index (χ1n) is 6.59. The van der Waals surface area contributed by atoms with Crippen LogP contribution in [0.15, 0.2) is 24.3 Å². The molecule has 2 nitrogen and oxygen atoms in total. The molecule has 1 unspecified atom stereocenters. The first-order valence-corrected chi connectivity index (χ1v) is 6.59. The van der Waals surface area contributed by atoms with Crippen molar-refractivity contribution >= 4 is 0 Å². The molecule has 0 saturated heterocycles. The molecular formula is C15H23NO. The highest BCUT2D eigenvalue weighted by Crippen LogP contribution is 2.29. The molecule has 1 aliphatic rings. The average Bonchev–Trinajstić information content (AvgIpc) is 2.26. The molecule has 0 bridgehead atoms. The number of rotatable bonds is 6. The van der Waals surface area contributed by atoms with Gasteiger partial charge in [0.15, 0.2) is 0 Å². The zero-order valence-corrected chi connectivity index (χ0v) is 10.9. The second-order valence-electron chi connectivity index (χ2n) is 5.11. The molecule has 1 aromatic carbocycles. The SMILES string of the molecule is COCc1ccc(CNC(C)C2CCC2)cc1. The minimum absolute atomic E-state index is 0.655. The van der Waals surface area contributed by atoms with Crippen molar-refractivity contribution in [3.8, 4) is 0 Å². The lowest BCUT2D eigenvalue weighted by molar-refractivity contribution is 0.185. The Labute approximate surface area is 104 Å². The summed E-state index contributed by atoms with van der Waals surface area (Å²) in [6.45, 7) is 3.99. The Hall–Kier alpha value is -0.860. The van der Waals surface area contributed by atoms with Gasteiger partial charge in [-0.05, 0) is 36.8 Å². The van der Waals surface area contributed by atoms with Gasteiger partial charge in [0.25, 0.3) is 0 Å². The van der Waals surface area contributed by atoms with E-state index in [0.717, 1.165) is 12.5 Å². The Morgan fingerprint density at radius 2 is 1.88 bits per heavy atom. The second kappa shape index (κ2) is 6.18. The van der Waals surface area contributed by atoms with Crippen LogP contribution in [-0.4, -0.2) is 13.2 Å². The maximum atomic E-state index is 5.10. The highest BCUT2D eigenvalue weighted by atomic mass is 16.5. The third-order valence-electron chi connectivity index (χ3n) is 3.82. The molecule has 0 amide bonds. The molecular weight excluding hydrogens is 210 g/mol. The molecule has 0 heterocycles. The molecule has 1 atom stereocenters. The molecule has 94 valence electrons. The Kier molecular flexibility index (Phi) is 4.57. The molecule has 17 heavy (non-hydrogen) atoms. The largest absolute Gasteiger partial charge is 0.380 e. The average molecular weight is 233 g/mol. The van der Waals surface area contributed by atoms with Gasteiger partial charge in [0.2, 0.25) is 0 Å². The first-order chi connectivity index (χ1) is 8.29. The molecule has 1 fully saturated rings. The van der Waals surface area contributed by atoms with Crippen molar-refractivity contribution in [1.82, 2.24) is 5.32 Å². The summed E-state index contributed by atoms with van der Waals surface area (Å²) in [4.78, 5) is 0. The van der Waals surface area contributed by atoms with E-state index < -0.39 is 0 Å². The normalized spacial score (nSPS) is 17.8. The Morgan fingerprint density at radius 3 is 2.41 bits per heavy atom. The van der Waals surface area contributed by atoms with Gasteiger partial charge < -0.3 is 10.1 Å². The summed E-state index contributed by atoms with van der Waals surface area (Å²) in [6.07, 6.45) is 4.23. The maximum absolute atomic E-state index is 5.10. The van der Waals surface area contributed by atoms with Crippen LogP contribution in [0.2, 0.25) is 0 Å². The summed E-state index contributed by atoms with van der Waals surface area (Å²) in [7, 11) is 1.73. The molecule has 0 spiro atoms. The van der Waals surface area contributed by atoms with Crippen LogP contribution in [0.1, 0.15) is 37.3 Å². The van der Waals surface area contributed by atoms with Crippen LogP contribution in [0.25, 0.3) is 0 Å². The van der Waals surface area contributed by atoms with Gasteiger partial charge >= 0.3 is 0 Å². The summed E-state index contributed by atoms with van der Waals surface area (Å²) in [6, 6.07) is 9.33. The Balaban J connectivity index is 1.77. The van der Waals surface area contributed by atoms with Crippen molar-refractivity contribution in [2.24, 2.45) is 5.92 Å². The fourth-order valence-corrected chi connectivity index (χ4v) is 2.31. The van der Waals surface area contributed by atoms with Crippen LogP contribution in [0.3, 0.4) is 0 Å². The van der Waals surface area contributed by atoms with E-state index in [9.17, 15) is 0 Å². The Morgan fingerprint density at radius 1 is 1.24 bits per heavy atom. The number of benzene rings is 1. The van der Waals surface area contributed by atoms with E-state index in [0.29, 0.717) is 12.6 Å². The topological polar surface area (TPSA) is 21.3 Å². The number of ether oxygens (including phenoxy) is 1. The van der Waals surface area contributed by atoms with Gasteiger partial charge in [-0.15, -0.1) is 0 Å². The molecule has 1 N–H and O–H groups in total. The van der Waals surface area contributed by atoms with Gasteiger partial charge in [-0.1, -0.05) is 30.7 Å². The minimum Gasteiger partial charge on any atom is -0.380 e. The van der Waals surface area contributed by atoms with Gasteiger partial charge in [0, 0.05) is 19.7 Å². The number of nitrogens with one attached hydrogen (secondary N) is 1. The summed E-state index contributed by atoms with van der Waals surface area (Å²) < 4.78 is 5.10. The second-order valence-corrected chi connectivity index (χ2v) is 5.11. The van der Waals surface area contributed by atoms with Gasteiger partial charge in [0.05, 0.1) is 6.61 Å². The summed E-state index contributed by atoms with van der Waals surface area (Å²) in [5.74, 6) is 0.905. The first kappa shape index (κ1) is 12.6. The lowest BCUT2D eigenvalue weighted by Crippen LogP contribution is -2.36. The van der Waals surface area contributed by atoms with Gasteiger partial charge in [0.1, 0.15) is 0 Å². The van der Waals surface area contributed by atoms with Crippen molar-refractivity contribution in [1.29, 1.82) is 0 Å². The van der Waals surface area contributed by atoms with E-state index in [4.69, 9.17) is 4.74 Å². The molecule has 1 aromatic rings. The molecule has 0 aromatic heterocycles. The van der Waals surface area contributed by atoms with Crippen LogP contribution in [0.5, 0.6) is 0 Å². The predicted octanol–water partition coefficient (Wildman–Crippen LogP) is 3.11. The molecule has 1 aliphatic carbocycles. The zero-order valence-electron chi connectivity index (χ0n) is 10.9. The van der Waals surface area contributed by atoms with E-state index in [1.807, 2.05) is 0 Å². The fourth-order valence-electron chi connectivity index (χ4n) is 2.31. The summed E-state index contributed by atoms with van der Waals surface area (Å²) >= 11 is 0. The van der Waals surface area contributed by atoms with Crippen LogP contribution in [0, 0.1) is 5.92 Å². The molecule has 1 saturated carbocycles. The highest BCUT2D eigenvalue weighted by Gasteiger charge is 2.23. The van der Waals surface area contributed by atoms with Crippen LogP contribution < -0.4 is 5.32 Å². The van der Waals surface area contributed by atoms with E-state index >= 15 is 0 Å². The van der Waals surface area contributed by atoms with Crippen molar-refractivity contribution in [3.63, 3.8) is 0 Å². The zero-order chi connectivity index (χ0) is 12.1. The molecule has 2 heteroatoms. The van der Waals surface area contributed by atoms with Crippen molar-refractivity contribution in [2.45, 2.75) is 45.4 Å². The molecule has 0 radical (unpaired) electrons. The Bertz CT molecular complexity index is 329. The standard InChI is InChI=1S/C15H23NO/c1-12(15-4-3-5-15)16-10-13-6-8-14(9-7-13)11-17-2/h6-9,12,15-16H,3-5,10-11H2,1-2H3. The smallest absolute Gasteiger partial charge is 0.0713 e. The number of methoxy groups -OCH3 is 1. The van der Waals surface area contributed by atoms with Crippen LogP contribution >= 0.6 is 0 Å². The van der Waals surface area contributed by atoms with Crippen molar-refractivity contribution < 1.29 is 4.74 Å². The third kappa shape index (κ3) is 3.55. The van der Waals surface area contributed by atoms with E-state index in [2.05, 4.69) is 36.5 Å². The van der Waals surface area contributed by atoms with Crippen molar-refractivity contribution in [3.05, 3.63) is 35.4 Å². The molecule has 2 rings (SSSR count). The van der Waals surface area contributed by atoms with Gasteiger partial charge in [-0.25, -0.2) is 0 Å². The monoisotopic (exact) mass is 233 g/mol. The quantitative estimate of drug-likeness (QED) is 0.815. The third-order valence-corrected chi connectivity index (χ3v) is 3.82. The summed E-state index contributed by atoms with van der Waals surface area (Å²) in [5.41, 5.74) is 2.60. The lowest BCUT2D eigenvalue weighted by Gasteiger charge is -2.32. The van der Waals surface area contributed by atoms with E-state index in [1.54, 1.807) is 7.11 Å². The molecule has 0 aliphatic heterocycles. The lowest BCUT2D eigenvalue weighted by atomic mass is 9.80. The van der Waals surface area contributed by atoms with Gasteiger partial charge in [-0.3, -0.25) is 0 Å². The fraction of sp³-hybridized carbons (Fsp3) is 0.600. The van der Waals surface area contributed by atoms with E-state index in [-0.39, 0.29) is 0 Å². The highest BCUT2D eigenvalue weighted by molar-refractivity contribution is 5.22.